The van der Waals surface area contributed by atoms with Crippen molar-refractivity contribution < 1.29 is 33.3 Å². The van der Waals surface area contributed by atoms with Crippen molar-refractivity contribution in [1.82, 2.24) is 19.9 Å². The minimum atomic E-state index is -5.08. The van der Waals surface area contributed by atoms with E-state index in [0.29, 0.717) is 5.92 Å². The van der Waals surface area contributed by atoms with Crippen LogP contribution in [0, 0.1) is 12.8 Å². The van der Waals surface area contributed by atoms with Crippen LogP contribution in [-0.4, -0.2) is 79.7 Å². The van der Waals surface area contributed by atoms with Crippen molar-refractivity contribution in [3.05, 3.63) is 36.0 Å². The molecule has 1 aliphatic heterocycles. The molecule has 11 heteroatoms. The van der Waals surface area contributed by atoms with Crippen LogP contribution in [0.15, 0.2) is 30.5 Å². The first kappa shape index (κ1) is 24.8. The molecule has 1 fully saturated rings. The molecule has 8 nitrogen and oxygen atoms in total. The van der Waals surface area contributed by atoms with Crippen LogP contribution in [0.1, 0.15) is 18.4 Å². The monoisotopic (exact) mass is 444 g/mol. The average Bonchev–Trinajstić information content (AvgIpc) is 3.18. The van der Waals surface area contributed by atoms with Gasteiger partial charge in [-0.25, -0.2) is 4.79 Å². The van der Waals surface area contributed by atoms with Gasteiger partial charge in [-0.15, -0.1) is 5.10 Å². The highest BCUT2D eigenvalue weighted by Crippen LogP contribution is 2.21. The molecule has 3 rings (SSSR count). The zero-order chi connectivity index (χ0) is 23.0. The average molecular weight is 444 g/mol. The number of aryl methyl sites for hydroxylation is 1. The molecule has 2 heterocycles. The first-order valence-electron chi connectivity index (χ1n) is 9.87. The van der Waals surface area contributed by atoms with Crippen LogP contribution in [0.3, 0.4) is 0 Å². The number of carboxylic acids is 1. The van der Waals surface area contributed by atoms with E-state index in [4.69, 9.17) is 9.90 Å². The van der Waals surface area contributed by atoms with Crippen molar-refractivity contribution in [3.8, 4) is 11.3 Å². The Kier molecular flexibility index (Phi) is 8.96. The van der Waals surface area contributed by atoms with Gasteiger partial charge in [-0.05, 0) is 32.2 Å². The van der Waals surface area contributed by atoms with Crippen LogP contribution in [0.2, 0.25) is 0 Å². The Morgan fingerprint density at radius 2 is 1.84 bits per heavy atom. The van der Waals surface area contributed by atoms with Gasteiger partial charge in [0.25, 0.3) is 0 Å². The number of aliphatic hydroxyl groups is 2. The molecule has 1 atom stereocenters. The van der Waals surface area contributed by atoms with E-state index in [1.54, 1.807) is 0 Å². The number of piperidine rings is 1. The number of alkyl halides is 3. The molecule has 0 spiro atoms. The molecule has 1 saturated heterocycles. The number of benzene rings is 1. The van der Waals surface area contributed by atoms with E-state index in [-0.39, 0.29) is 19.3 Å². The molecule has 2 aromatic rings. The van der Waals surface area contributed by atoms with Crippen LogP contribution >= 0.6 is 0 Å². The Balaban J connectivity index is 0.000000423. The highest BCUT2D eigenvalue weighted by Gasteiger charge is 2.38. The third-order valence-corrected chi connectivity index (χ3v) is 5.06. The molecular formula is C20H27F3N4O4. The molecule has 31 heavy (non-hydrogen) atoms. The van der Waals surface area contributed by atoms with Gasteiger partial charge in [0.15, 0.2) is 0 Å². The van der Waals surface area contributed by atoms with E-state index in [2.05, 4.69) is 46.4 Å². The van der Waals surface area contributed by atoms with Crippen molar-refractivity contribution in [2.75, 3.05) is 26.3 Å². The number of likely N-dealkylation sites (tertiary alicyclic amines) is 1. The summed E-state index contributed by atoms with van der Waals surface area (Å²) in [5.41, 5.74) is 3.21. The van der Waals surface area contributed by atoms with Crippen molar-refractivity contribution >= 4 is 5.97 Å². The van der Waals surface area contributed by atoms with Crippen molar-refractivity contribution in [3.63, 3.8) is 0 Å². The van der Waals surface area contributed by atoms with E-state index in [1.165, 1.54) is 5.56 Å². The van der Waals surface area contributed by atoms with Crippen LogP contribution in [0.4, 0.5) is 13.2 Å². The number of hydrogen-bond acceptors (Lipinski definition) is 6. The van der Waals surface area contributed by atoms with Crippen LogP contribution < -0.4 is 0 Å². The highest BCUT2D eigenvalue weighted by molar-refractivity contribution is 5.73. The summed E-state index contributed by atoms with van der Waals surface area (Å²) < 4.78 is 33.6. The largest absolute Gasteiger partial charge is 0.490 e. The molecule has 1 aromatic heterocycles. The quantitative estimate of drug-likeness (QED) is 0.624. The summed E-state index contributed by atoms with van der Waals surface area (Å²) in [5.74, 6) is -2.29. The van der Waals surface area contributed by atoms with Crippen LogP contribution in [0.5, 0.6) is 0 Å². The summed E-state index contributed by atoms with van der Waals surface area (Å²) in [7, 11) is 0. The Labute approximate surface area is 177 Å². The number of hydrogen-bond donors (Lipinski definition) is 3. The van der Waals surface area contributed by atoms with Gasteiger partial charge in [0, 0.05) is 18.7 Å². The highest BCUT2D eigenvalue weighted by atomic mass is 19.4. The second kappa shape index (κ2) is 11.2. The first-order valence-corrected chi connectivity index (χ1v) is 9.87. The maximum absolute atomic E-state index is 10.6. The topological polar surface area (TPSA) is 112 Å². The van der Waals surface area contributed by atoms with E-state index < -0.39 is 12.1 Å². The van der Waals surface area contributed by atoms with Crippen LogP contribution in [0.25, 0.3) is 11.3 Å². The molecule has 0 amide bonds. The summed E-state index contributed by atoms with van der Waals surface area (Å²) in [5, 5.41) is 34.4. The Morgan fingerprint density at radius 3 is 2.39 bits per heavy atom. The van der Waals surface area contributed by atoms with E-state index >= 15 is 0 Å². The molecule has 1 aliphatic rings. The maximum Gasteiger partial charge on any atom is 0.490 e. The number of halogens is 3. The Hall–Kier alpha value is -2.50. The second-order valence-electron chi connectivity index (χ2n) is 7.52. The number of aromatic nitrogens is 3. The van der Waals surface area contributed by atoms with Crippen molar-refractivity contribution in [2.24, 2.45) is 5.92 Å². The number of rotatable bonds is 6. The van der Waals surface area contributed by atoms with Gasteiger partial charge in [-0.2, -0.15) is 13.2 Å². The fraction of sp³-hybridized carbons (Fsp3) is 0.550. The predicted octanol–water partition coefficient (Wildman–Crippen LogP) is 1.95. The summed E-state index contributed by atoms with van der Waals surface area (Å²) in [4.78, 5) is 11.1. The molecule has 3 N–H and O–H groups in total. The third-order valence-electron chi connectivity index (χ3n) is 5.06. The fourth-order valence-electron chi connectivity index (χ4n) is 3.38. The lowest BCUT2D eigenvalue weighted by atomic mass is 9.97. The number of carboxylic acid groups (broad SMARTS) is 1. The molecular weight excluding hydrogens is 417 g/mol. The van der Waals surface area contributed by atoms with Gasteiger partial charge in [-0.3, -0.25) is 9.58 Å². The van der Waals surface area contributed by atoms with Gasteiger partial charge in [-0.1, -0.05) is 35.0 Å². The molecule has 0 saturated carbocycles. The number of aliphatic hydroxyl groups excluding tert-OH is 2. The number of aliphatic carboxylic acids is 1. The Morgan fingerprint density at radius 1 is 1.23 bits per heavy atom. The number of carbonyl (C=O) groups is 1. The van der Waals surface area contributed by atoms with Gasteiger partial charge < -0.3 is 15.3 Å². The van der Waals surface area contributed by atoms with Crippen LogP contribution in [-0.2, 0) is 11.3 Å². The zero-order valence-electron chi connectivity index (χ0n) is 17.2. The fourth-order valence-corrected chi connectivity index (χ4v) is 3.38. The zero-order valence-corrected chi connectivity index (χ0v) is 17.2. The minimum Gasteiger partial charge on any atom is -0.475 e. The Bertz CT molecular complexity index is 823. The lowest BCUT2D eigenvalue weighted by molar-refractivity contribution is -0.192. The van der Waals surface area contributed by atoms with Gasteiger partial charge in [0.1, 0.15) is 5.69 Å². The standard InChI is InChI=1S/C18H26N4O2.C2HF3O2/c1-14-4-6-16(7-5-14)18-11-22(20-19-18)10-15-3-2-8-21(9-15)17(12-23)13-24;3-2(4,5)1(6)7/h4-7,11,15,17,23-24H,2-3,8-10,12-13H2,1H3;(H,6,7). The summed E-state index contributed by atoms with van der Waals surface area (Å²) in [6, 6.07) is 8.15. The SMILES string of the molecule is Cc1ccc(-c2cn(CC3CCCN(C(CO)CO)C3)nn2)cc1.O=C(O)C(F)(F)F. The lowest BCUT2D eigenvalue weighted by Gasteiger charge is -2.36. The predicted molar refractivity (Wildman–Crippen MR) is 106 cm³/mol. The van der Waals surface area contributed by atoms with Crippen molar-refractivity contribution in [2.45, 2.75) is 38.5 Å². The van der Waals surface area contributed by atoms with Gasteiger partial charge in [0.05, 0.1) is 25.5 Å². The molecule has 1 unspecified atom stereocenters. The molecule has 0 aliphatic carbocycles. The van der Waals surface area contributed by atoms with E-state index in [9.17, 15) is 23.4 Å². The molecule has 0 radical (unpaired) electrons. The van der Waals surface area contributed by atoms with Gasteiger partial charge in [0.2, 0.25) is 0 Å². The van der Waals surface area contributed by atoms with Crippen molar-refractivity contribution in [1.29, 1.82) is 0 Å². The normalized spacial score (nSPS) is 17.3. The molecule has 1 aromatic carbocycles. The van der Waals surface area contributed by atoms with Gasteiger partial charge >= 0.3 is 12.1 Å². The second-order valence-corrected chi connectivity index (χ2v) is 7.52. The summed E-state index contributed by atoms with van der Waals surface area (Å²) in [6.07, 6.45) is -0.861. The smallest absolute Gasteiger partial charge is 0.475 e. The molecule has 172 valence electrons. The van der Waals surface area contributed by atoms with E-state index in [0.717, 1.165) is 43.7 Å². The lowest BCUT2D eigenvalue weighted by Crippen LogP contribution is -2.47. The number of nitrogens with zero attached hydrogens (tertiary/aromatic N) is 4. The molecule has 0 bridgehead atoms. The summed E-state index contributed by atoms with van der Waals surface area (Å²) >= 11 is 0. The minimum absolute atomic E-state index is 0.00408. The third kappa shape index (κ3) is 7.60. The van der Waals surface area contributed by atoms with E-state index in [1.807, 2.05) is 10.9 Å². The maximum atomic E-state index is 10.6. The first-order chi connectivity index (χ1) is 14.6. The summed E-state index contributed by atoms with van der Waals surface area (Å²) in [6.45, 7) is 4.72.